The Balaban J connectivity index is 1.73. The van der Waals surface area contributed by atoms with Gasteiger partial charge in [0.2, 0.25) is 0 Å². The molecule has 3 nitrogen and oxygen atoms in total. The smallest absolute Gasteiger partial charge is 0.255 e. The summed E-state index contributed by atoms with van der Waals surface area (Å²) < 4.78 is 0. The number of carbonyl (C=O) groups excluding carboxylic acids is 1. The third-order valence-electron chi connectivity index (χ3n) is 3.40. The van der Waals surface area contributed by atoms with Gasteiger partial charge in [0, 0.05) is 27.2 Å². The van der Waals surface area contributed by atoms with E-state index >= 15 is 0 Å². The van der Waals surface area contributed by atoms with Crippen molar-refractivity contribution in [2.75, 3.05) is 5.32 Å². The van der Waals surface area contributed by atoms with Gasteiger partial charge in [-0.25, -0.2) is 4.98 Å². The zero-order valence-electron chi connectivity index (χ0n) is 12.5. The SMILES string of the molecule is CCc1nc(-c2ccc(C(=O)Nc3ccc(Cl)cc3)cc2)cs1. The van der Waals surface area contributed by atoms with Crippen LogP contribution in [0, 0.1) is 0 Å². The summed E-state index contributed by atoms with van der Waals surface area (Å²) in [6, 6.07) is 14.5. The van der Waals surface area contributed by atoms with Crippen LogP contribution >= 0.6 is 22.9 Å². The van der Waals surface area contributed by atoms with Crippen molar-refractivity contribution in [3.63, 3.8) is 0 Å². The van der Waals surface area contributed by atoms with Crippen LogP contribution in [0.4, 0.5) is 5.69 Å². The fraction of sp³-hybridized carbons (Fsp3) is 0.111. The van der Waals surface area contributed by atoms with Crippen LogP contribution in [0.3, 0.4) is 0 Å². The predicted octanol–water partition coefficient (Wildman–Crippen LogP) is 5.28. The van der Waals surface area contributed by atoms with Crippen molar-refractivity contribution >= 4 is 34.5 Å². The van der Waals surface area contributed by atoms with Gasteiger partial charge in [-0.05, 0) is 42.8 Å². The average molecular weight is 343 g/mol. The number of thiazole rings is 1. The standard InChI is InChI=1S/C18H15ClN2OS/c1-2-17-21-16(11-23-17)12-3-5-13(6-4-12)18(22)20-15-9-7-14(19)8-10-15/h3-11H,2H2,1H3,(H,20,22). The molecule has 1 heterocycles. The Hall–Kier alpha value is -2.17. The number of anilines is 1. The highest BCUT2D eigenvalue weighted by molar-refractivity contribution is 7.09. The van der Waals surface area contributed by atoms with Gasteiger partial charge in [-0.1, -0.05) is 30.7 Å². The molecule has 3 aromatic rings. The van der Waals surface area contributed by atoms with Crippen LogP contribution in [0.1, 0.15) is 22.3 Å². The van der Waals surface area contributed by atoms with Crippen molar-refractivity contribution < 1.29 is 4.79 Å². The maximum Gasteiger partial charge on any atom is 0.255 e. The van der Waals surface area contributed by atoms with E-state index in [1.54, 1.807) is 35.6 Å². The maximum absolute atomic E-state index is 12.2. The van der Waals surface area contributed by atoms with Crippen LogP contribution < -0.4 is 5.32 Å². The summed E-state index contributed by atoms with van der Waals surface area (Å²) in [5.74, 6) is -0.147. The molecular weight excluding hydrogens is 328 g/mol. The van der Waals surface area contributed by atoms with Gasteiger partial charge < -0.3 is 5.32 Å². The monoisotopic (exact) mass is 342 g/mol. The summed E-state index contributed by atoms with van der Waals surface area (Å²) in [5.41, 5.74) is 3.30. The molecule has 0 aliphatic carbocycles. The normalized spacial score (nSPS) is 10.5. The molecular formula is C18H15ClN2OS. The number of hydrogen-bond donors (Lipinski definition) is 1. The third-order valence-corrected chi connectivity index (χ3v) is 4.64. The molecule has 5 heteroatoms. The van der Waals surface area contributed by atoms with Gasteiger partial charge in [-0.3, -0.25) is 4.79 Å². The second-order valence-electron chi connectivity index (χ2n) is 5.02. The number of halogens is 1. The van der Waals surface area contributed by atoms with Crippen molar-refractivity contribution in [3.05, 3.63) is 69.5 Å². The van der Waals surface area contributed by atoms with Gasteiger partial charge in [0.1, 0.15) is 0 Å². The summed E-state index contributed by atoms with van der Waals surface area (Å²) in [7, 11) is 0. The van der Waals surface area contributed by atoms with E-state index in [1.807, 2.05) is 29.6 Å². The number of aryl methyl sites for hydroxylation is 1. The quantitative estimate of drug-likeness (QED) is 0.701. The molecule has 0 radical (unpaired) electrons. The Bertz CT molecular complexity index is 810. The minimum absolute atomic E-state index is 0.147. The summed E-state index contributed by atoms with van der Waals surface area (Å²) >= 11 is 7.49. The maximum atomic E-state index is 12.2. The Morgan fingerprint density at radius 1 is 1.13 bits per heavy atom. The van der Waals surface area contributed by atoms with Crippen LogP contribution in [0.25, 0.3) is 11.3 Å². The Morgan fingerprint density at radius 2 is 1.83 bits per heavy atom. The molecule has 1 N–H and O–H groups in total. The minimum Gasteiger partial charge on any atom is -0.322 e. The molecule has 0 unspecified atom stereocenters. The number of rotatable bonds is 4. The summed E-state index contributed by atoms with van der Waals surface area (Å²) in [5, 5.41) is 6.65. The fourth-order valence-corrected chi connectivity index (χ4v) is 3.01. The first-order chi connectivity index (χ1) is 11.2. The number of carbonyl (C=O) groups is 1. The van der Waals surface area contributed by atoms with Gasteiger partial charge in [0.25, 0.3) is 5.91 Å². The lowest BCUT2D eigenvalue weighted by Gasteiger charge is -2.06. The summed E-state index contributed by atoms with van der Waals surface area (Å²) in [6.45, 7) is 2.09. The van der Waals surface area contributed by atoms with Crippen LogP contribution in [-0.4, -0.2) is 10.9 Å². The molecule has 3 rings (SSSR count). The zero-order valence-corrected chi connectivity index (χ0v) is 14.1. The molecule has 1 aromatic heterocycles. The molecule has 0 saturated carbocycles. The van der Waals surface area contributed by atoms with Crippen molar-refractivity contribution in [2.45, 2.75) is 13.3 Å². The second kappa shape index (κ2) is 6.94. The lowest BCUT2D eigenvalue weighted by atomic mass is 10.1. The number of hydrogen-bond acceptors (Lipinski definition) is 3. The van der Waals surface area contributed by atoms with Crippen molar-refractivity contribution in [3.8, 4) is 11.3 Å². The van der Waals surface area contributed by atoms with Crippen LogP contribution in [-0.2, 0) is 6.42 Å². The van der Waals surface area contributed by atoms with E-state index in [2.05, 4.69) is 17.2 Å². The molecule has 0 aliphatic heterocycles. The predicted molar refractivity (Wildman–Crippen MR) is 96.3 cm³/mol. The first kappa shape index (κ1) is 15.7. The molecule has 0 fully saturated rings. The van der Waals surface area contributed by atoms with E-state index in [0.717, 1.165) is 28.4 Å². The molecule has 2 aromatic carbocycles. The molecule has 0 bridgehead atoms. The minimum atomic E-state index is -0.147. The first-order valence-electron chi connectivity index (χ1n) is 7.27. The van der Waals surface area contributed by atoms with Crippen molar-refractivity contribution in [1.82, 2.24) is 4.98 Å². The Morgan fingerprint density at radius 3 is 2.43 bits per heavy atom. The van der Waals surface area contributed by atoms with Gasteiger partial charge in [-0.15, -0.1) is 11.3 Å². The van der Waals surface area contributed by atoms with Gasteiger partial charge in [0.05, 0.1) is 10.7 Å². The van der Waals surface area contributed by atoms with Crippen molar-refractivity contribution in [1.29, 1.82) is 0 Å². The highest BCUT2D eigenvalue weighted by Gasteiger charge is 2.08. The highest BCUT2D eigenvalue weighted by atomic mass is 35.5. The largest absolute Gasteiger partial charge is 0.322 e. The van der Waals surface area contributed by atoms with E-state index in [0.29, 0.717) is 10.6 Å². The van der Waals surface area contributed by atoms with Gasteiger partial charge >= 0.3 is 0 Å². The van der Waals surface area contributed by atoms with E-state index < -0.39 is 0 Å². The lowest BCUT2D eigenvalue weighted by Crippen LogP contribution is -2.11. The lowest BCUT2D eigenvalue weighted by molar-refractivity contribution is 0.102. The summed E-state index contributed by atoms with van der Waals surface area (Å²) in [4.78, 5) is 16.8. The molecule has 116 valence electrons. The molecule has 23 heavy (non-hydrogen) atoms. The van der Waals surface area contributed by atoms with E-state index in [1.165, 1.54) is 0 Å². The molecule has 0 aliphatic rings. The number of benzene rings is 2. The van der Waals surface area contributed by atoms with E-state index in [4.69, 9.17) is 11.6 Å². The fourth-order valence-electron chi connectivity index (χ4n) is 2.13. The van der Waals surface area contributed by atoms with Crippen LogP contribution in [0.2, 0.25) is 5.02 Å². The molecule has 0 atom stereocenters. The molecule has 0 spiro atoms. The zero-order chi connectivity index (χ0) is 16.2. The third kappa shape index (κ3) is 3.78. The van der Waals surface area contributed by atoms with Crippen molar-refractivity contribution in [2.24, 2.45) is 0 Å². The average Bonchev–Trinajstić information content (AvgIpc) is 3.06. The van der Waals surface area contributed by atoms with Gasteiger partial charge in [-0.2, -0.15) is 0 Å². The van der Waals surface area contributed by atoms with E-state index in [9.17, 15) is 4.79 Å². The summed E-state index contributed by atoms with van der Waals surface area (Å²) in [6.07, 6.45) is 0.937. The highest BCUT2D eigenvalue weighted by Crippen LogP contribution is 2.23. The molecule has 1 amide bonds. The van der Waals surface area contributed by atoms with E-state index in [-0.39, 0.29) is 5.91 Å². The number of nitrogens with zero attached hydrogens (tertiary/aromatic N) is 1. The van der Waals surface area contributed by atoms with Gasteiger partial charge in [0.15, 0.2) is 0 Å². The number of amides is 1. The van der Waals surface area contributed by atoms with Crippen LogP contribution in [0.5, 0.6) is 0 Å². The Kier molecular flexibility index (Phi) is 4.74. The molecule has 0 saturated heterocycles. The Labute approximate surface area is 144 Å². The number of nitrogens with one attached hydrogen (secondary N) is 1. The first-order valence-corrected chi connectivity index (χ1v) is 8.53. The topological polar surface area (TPSA) is 42.0 Å². The van der Waals surface area contributed by atoms with Crippen LogP contribution in [0.15, 0.2) is 53.9 Å². The second-order valence-corrected chi connectivity index (χ2v) is 6.40. The number of aromatic nitrogens is 1.